The molecule has 0 radical (unpaired) electrons. The number of rotatable bonds is 6. The van der Waals surface area contributed by atoms with Crippen molar-refractivity contribution in [3.63, 3.8) is 0 Å². The third-order valence-electron chi connectivity index (χ3n) is 3.16. The monoisotopic (exact) mass is 456 g/mol. The fourth-order valence-corrected chi connectivity index (χ4v) is 1.91. The summed E-state index contributed by atoms with van der Waals surface area (Å²) in [6.45, 7) is 0.971. The molecule has 10 N–H and O–H groups in total. The normalized spacial score (nSPS) is 9.68. The van der Waals surface area contributed by atoms with Crippen molar-refractivity contribution in [1.29, 1.82) is 0 Å². The Labute approximate surface area is 181 Å². The van der Waals surface area contributed by atoms with E-state index in [0.717, 1.165) is 22.6 Å². The number of nitrogens with zero attached hydrogens (tertiary/aromatic N) is 2. The molecule has 0 aromatic heterocycles. The first kappa shape index (κ1) is 27.5. The van der Waals surface area contributed by atoms with E-state index >= 15 is 0 Å². The predicted octanol–water partition coefficient (Wildman–Crippen LogP) is 0.284. The first-order valence-corrected chi connectivity index (χ1v) is 9.90. The molecule has 0 aliphatic carbocycles. The Morgan fingerprint density at radius 3 is 1.39 bits per heavy atom. The molecule has 0 atom stereocenters. The summed E-state index contributed by atoms with van der Waals surface area (Å²) in [5.41, 5.74) is 22.9. The zero-order valence-electron chi connectivity index (χ0n) is 17.2. The molecule has 0 amide bonds. The molecule has 12 nitrogen and oxygen atoms in total. The lowest BCUT2D eigenvalue weighted by Crippen LogP contribution is -2.22. The van der Waals surface area contributed by atoms with E-state index in [9.17, 15) is 0 Å². The van der Waals surface area contributed by atoms with Gasteiger partial charge in [0.2, 0.25) is 0 Å². The predicted molar refractivity (Wildman–Crippen MR) is 119 cm³/mol. The van der Waals surface area contributed by atoms with Crippen molar-refractivity contribution in [2.24, 2.45) is 32.9 Å². The molecule has 0 saturated carbocycles. The molecule has 2 aromatic carbocycles. The molecule has 0 aliphatic heterocycles. The minimum absolute atomic E-state index is 0.0998. The Morgan fingerprint density at radius 2 is 1.13 bits per heavy atom. The standard InChI is InChI=1S/2C9H13N3O.H2O4S/c2*1-13-8-4-2-3-7(5-8)6-12-9(10)11;1-5(2,3)4/h2*2-5H,6H2,1H3,(H4,10,11,12);(H2,1,2,3,4). The summed E-state index contributed by atoms with van der Waals surface area (Å²) < 4.78 is 41.7. The summed E-state index contributed by atoms with van der Waals surface area (Å²) >= 11 is 0. The van der Waals surface area contributed by atoms with E-state index in [1.807, 2.05) is 48.5 Å². The van der Waals surface area contributed by atoms with Gasteiger partial charge in [-0.15, -0.1) is 0 Å². The number of hydrogen-bond acceptors (Lipinski definition) is 6. The van der Waals surface area contributed by atoms with Crippen molar-refractivity contribution in [1.82, 2.24) is 0 Å². The molecule has 0 fully saturated rings. The fraction of sp³-hybridized carbons (Fsp3) is 0.222. The zero-order chi connectivity index (χ0) is 23.9. The maximum atomic E-state index is 8.74. The van der Waals surface area contributed by atoms with E-state index in [2.05, 4.69) is 9.98 Å². The maximum Gasteiger partial charge on any atom is 0.394 e. The SMILES string of the molecule is COc1cccc(CN=C(N)N)c1.COc1cccc(CN=C(N)N)c1.O=S(=O)(O)O. The smallest absolute Gasteiger partial charge is 0.394 e. The average Bonchev–Trinajstić information content (AvgIpc) is 2.70. The number of guanidine groups is 2. The Morgan fingerprint density at radius 1 is 0.806 bits per heavy atom. The van der Waals surface area contributed by atoms with Gasteiger partial charge in [0.15, 0.2) is 11.9 Å². The molecule has 172 valence electrons. The van der Waals surface area contributed by atoms with Gasteiger partial charge in [0.25, 0.3) is 0 Å². The van der Waals surface area contributed by atoms with Crippen LogP contribution in [0.1, 0.15) is 11.1 Å². The van der Waals surface area contributed by atoms with Crippen molar-refractivity contribution in [3.8, 4) is 11.5 Å². The van der Waals surface area contributed by atoms with Gasteiger partial charge in [0.1, 0.15) is 11.5 Å². The van der Waals surface area contributed by atoms with Crippen LogP contribution < -0.4 is 32.4 Å². The van der Waals surface area contributed by atoms with Crippen LogP contribution in [-0.2, 0) is 23.5 Å². The van der Waals surface area contributed by atoms with Crippen molar-refractivity contribution in [2.75, 3.05) is 14.2 Å². The maximum absolute atomic E-state index is 8.74. The van der Waals surface area contributed by atoms with Gasteiger partial charge >= 0.3 is 10.4 Å². The summed E-state index contributed by atoms with van der Waals surface area (Å²) in [7, 11) is -1.42. The lowest BCUT2D eigenvalue weighted by molar-refractivity contribution is 0.381. The number of nitrogens with two attached hydrogens (primary N) is 4. The molecular formula is C18H28N6O6S. The Kier molecular flexibility index (Phi) is 12.8. The van der Waals surface area contributed by atoms with Crippen molar-refractivity contribution < 1.29 is 27.0 Å². The molecule has 0 spiro atoms. The van der Waals surface area contributed by atoms with Crippen molar-refractivity contribution >= 4 is 22.3 Å². The summed E-state index contributed by atoms with van der Waals surface area (Å²) in [4.78, 5) is 7.77. The van der Waals surface area contributed by atoms with Gasteiger partial charge in [0.05, 0.1) is 27.3 Å². The van der Waals surface area contributed by atoms with E-state index in [1.54, 1.807) is 14.2 Å². The second-order valence-electron chi connectivity index (χ2n) is 5.63. The van der Waals surface area contributed by atoms with Crippen LogP contribution in [0.4, 0.5) is 0 Å². The minimum Gasteiger partial charge on any atom is -0.497 e. The zero-order valence-corrected chi connectivity index (χ0v) is 18.0. The molecule has 0 bridgehead atoms. The highest BCUT2D eigenvalue weighted by atomic mass is 32.3. The van der Waals surface area contributed by atoms with E-state index in [-0.39, 0.29) is 11.9 Å². The summed E-state index contributed by atoms with van der Waals surface area (Å²) in [6, 6.07) is 15.2. The van der Waals surface area contributed by atoms with Crippen molar-refractivity contribution in [3.05, 3.63) is 59.7 Å². The van der Waals surface area contributed by atoms with E-state index in [4.69, 9.17) is 49.9 Å². The number of benzene rings is 2. The van der Waals surface area contributed by atoms with Crippen LogP contribution >= 0.6 is 0 Å². The van der Waals surface area contributed by atoms with E-state index in [1.165, 1.54) is 0 Å². The lowest BCUT2D eigenvalue weighted by Gasteiger charge is -2.01. The van der Waals surface area contributed by atoms with Gasteiger partial charge < -0.3 is 32.4 Å². The molecule has 0 unspecified atom stereocenters. The van der Waals surface area contributed by atoms with E-state index in [0.29, 0.717) is 13.1 Å². The van der Waals surface area contributed by atoms with Gasteiger partial charge in [-0.2, -0.15) is 8.42 Å². The molecule has 0 saturated heterocycles. The number of hydrogen-bond donors (Lipinski definition) is 6. The summed E-state index contributed by atoms with van der Waals surface area (Å²) in [5.74, 6) is 1.82. The first-order chi connectivity index (χ1) is 14.4. The van der Waals surface area contributed by atoms with Gasteiger partial charge in [-0.05, 0) is 35.4 Å². The van der Waals surface area contributed by atoms with Gasteiger partial charge in [-0.1, -0.05) is 24.3 Å². The van der Waals surface area contributed by atoms with Crippen LogP contribution in [0.2, 0.25) is 0 Å². The molecule has 13 heteroatoms. The van der Waals surface area contributed by atoms with Crippen LogP contribution in [-0.4, -0.2) is 43.7 Å². The third-order valence-corrected chi connectivity index (χ3v) is 3.16. The van der Waals surface area contributed by atoms with Crippen LogP contribution in [0, 0.1) is 0 Å². The van der Waals surface area contributed by atoms with Gasteiger partial charge in [-0.25, -0.2) is 9.98 Å². The van der Waals surface area contributed by atoms with Gasteiger partial charge in [0, 0.05) is 0 Å². The molecule has 0 heterocycles. The topological polar surface area (TPSA) is 222 Å². The number of methoxy groups -OCH3 is 2. The molecule has 0 aliphatic rings. The minimum atomic E-state index is -4.67. The molecule has 2 aromatic rings. The molecule has 2 rings (SSSR count). The third kappa shape index (κ3) is 17.1. The highest BCUT2D eigenvalue weighted by molar-refractivity contribution is 7.79. The average molecular weight is 457 g/mol. The largest absolute Gasteiger partial charge is 0.497 e. The first-order valence-electron chi connectivity index (χ1n) is 8.51. The summed E-state index contributed by atoms with van der Waals surface area (Å²) in [5, 5.41) is 0. The lowest BCUT2D eigenvalue weighted by atomic mass is 10.2. The number of ether oxygens (including phenoxy) is 2. The highest BCUT2D eigenvalue weighted by Gasteiger charge is 1.95. The second-order valence-corrected chi connectivity index (χ2v) is 6.53. The quantitative estimate of drug-likeness (QED) is 0.198. The Hall–Kier alpha value is -3.55. The van der Waals surface area contributed by atoms with Crippen LogP contribution in [0.25, 0.3) is 0 Å². The van der Waals surface area contributed by atoms with Crippen LogP contribution in [0.5, 0.6) is 11.5 Å². The molecular weight excluding hydrogens is 428 g/mol. The Bertz CT molecular complexity index is 886. The van der Waals surface area contributed by atoms with Crippen LogP contribution in [0.3, 0.4) is 0 Å². The van der Waals surface area contributed by atoms with Crippen LogP contribution in [0.15, 0.2) is 58.5 Å². The van der Waals surface area contributed by atoms with Crippen molar-refractivity contribution in [2.45, 2.75) is 13.1 Å². The highest BCUT2D eigenvalue weighted by Crippen LogP contribution is 2.13. The summed E-state index contributed by atoms with van der Waals surface area (Å²) in [6.07, 6.45) is 0. The van der Waals surface area contributed by atoms with E-state index < -0.39 is 10.4 Å². The van der Waals surface area contributed by atoms with Gasteiger partial charge in [-0.3, -0.25) is 9.11 Å². The Balaban J connectivity index is 0.000000479. The number of aliphatic imine (C=N–C) groups is 2. The molecule has 31 heavy (non-hydrogen) atoms. The fourth-order valence-electron chi connectivity index (χ4n) is 1.91. The second kappa shape index (κ2) is 14.4.